The summed E-state index contributed by atoms with van der Waals surface area (Å²) in [6, 6.07) is 7.18. The topological polar surface area (TPSA) is 37.3 Å². The van der Waals surface area contributed by atoms with Crippen molar-refractivity contribution in [3.05, 3.63) is 35.4 Å². The van der Waals surface area contributed by atoms with Crippen LogP contribution in [0.25, 0.3) is 0 Å². The third-order valence-electron chi connectivity index (χ3n) is 1.55. The Morgan fingerprint density at radius 2 is 2.17 bits per heavy atom. The van der Waals surface area contributed by atoms with Gasteiger partial charge in [-0.2, -0.15) is 0 Å². The van der Waals surface area contributed by atoms with E-state index in [1.54, 1.807) is 12.1 Å². The molecule has 0 saturated carbocycles. The van der Waals surface area contributed by atoms with Crippen LogP contribution in [0.1, 0.15) is 15.9 Å². The summed E-state index contributed by atoms with van der Waals surface area (Å²) in [5.74, 6) is 1.28. The molecule has 12 heavy (non-hydrogen) atoms. The first kappa shape index (κ1) is 9.30. The van der Waals surface area contributed by atoms with E-state index in [0.29, 0.717) is 20.5 Å². The summed E-state index contributed by atoms with van der Waals surface area (Å²) < 4.78 is 0. The van der Waals surface area contributed by atoms with Gasteiger partial charge in [0, 0.05) is 0 Å². The van der Waals surface area contributed by atoms with Crippen molar-refractivity contribution >= 4 is 20.9 Å². The van der Waals surface area contributed by atoms with Crippen molar-refractivity contribution in [3.8, 4) is 0 Å². The molecular weight excluding hydrogens is 219 g/mol. The normalized spacial score (nSPS) is 9.75. The molecule has 0 aliphatic rings. The number of carbonyl (C=O) groups is 1. The van der Waals surface area contributed by atoms with E-state index in [9.17, 15) is 4.79 Å². The average Bonchev–Trinajstić information content (AvgIpc) is 2.05. The molecule has 0 aliphatic heterocycles. The van der Waals surface area contributed by atoms with Gasteiger partial charge in [-0.15, -0.1) is 0 Å². The second kappa shape index (κ2) is 4.29. The van der Waals surface area contributed by atoms with Gasteiger partial charge in [0.2, 0.25) is 0 Å². The van der Waals surface area contributed by atoms with Crippen LogP contribution in [0.4, 0.5) is 0 Å². The Hall–Kier alpha value is -0.791. The minimum atomic E-state index is -0.824. The van der Waals surface area contributed by atoms with Crippen LogP contribution in [0.15, 0.2) is 24.3 Å². The summed E-state index contributed by atoms with van der Waals surface area (Å²) in [5.41, 5.74) is 1.40. The molecule has 0 atom stereocenters. The number of rotatable bonds is 3. The van der Waals surface area contributed by atoms with Gasteiger partial charge in [-0.1, -0.05) is 0 Å². The Morgan fingerprint density at radius 1 is 1.50 bits per heavy atom. The third-order valence-corrected chi connectivity index (χ3v) is 2.81. The zero-order valence-corrected chi connectivity index (χ0v) is 8.49. The van der Waals surface area contributed by atoms with Crippen LogP contribution in [-0.4, -0.2) is 26.0 Å². The summed E-state index contributed by atoms with van der Waals surface area (Å²) in [6.07, 6.45) is 0. The van der Waals surface area contributed by atoms with E-state index >= 15 is 0 Å². The summed E-state index contributed by atoms with van der Waals surface area (Å²) >= 11 is 0.492. The molecule has 0 saturated heterocycles. The van der Waals surface area contributed by atoms with Crippen LogP contribution in [0.3, 0.4) is 0 Å². The van der Waals surface area contributed by atoms with Crippen molar-refractivity contribution < 1.29 is 9.90 Å². The van der Waals surface area contributed by atoms with Crippen molar-refractivity contribution in [1.82, 2.24) is 0 Å². The predicted molar refractivity (Wildman–Crippen MR) is 48.7 cm³/mol. The average molecular weight is 229 g/mol. The molecule has 1 rings (SSSR count). The summed E-state index contributed by atoms with van der Waals surface area (Å²) in [5, 5.41) is 9.70. The fourth-order valence-electron chi connectivity index (χ4n) is 1.01. The summed E-state index contributed by atoms with van der Waals surface area (Å²) in [7, 11) is 0. The van der Waals surface area contributed by atoms with Gasteiger partial charge in [-0.05, 0) is 0 Å². The van der Waals surface area contributed by atoms with Gasteiger partial charge in [-0.3, -0.25) is 0 Å². The first-order valence-electron chi connectivity index (χ1n) is 3.56. The summed E-state index contributed by atoms with van der Waals surface area (Å²) in [4.78, 5) is 10.7. The van der Waals surface area contributed by atoms with Gasteiger partial charge in [0.25, 0.3) is 0 Å². The SMILES string of the molecule is C[Se]Cc1ccccc1C(=O)O. The number of hydrogen-bond acceptors (Lipinski definition) is 1. The Bertz CT molecular complexity index is 284. The molecular formula is C9H10O2Se. The predicted octanol–water partition coefficient (Wildman–Crippen LogP) is 1.64. The van der Waals surface area contributed by atoms with Crippen molar-refractivity contribution in [2.45, 2.75) is 11.1 Å². The second-order valence-electron chi connectivity index (χ2n) is 2.40. The van der Waals surface area contributed by atoms with E-state index < -0.39 is 5.97 Å². The van der Waals surface area contributed by atoms with Gasteiger partial charge >= 0.3 is 77.4 Å². The van der Waals surface area contributed by atoms with Crippen molar-refractivity contribution in [2.24, 2.45) is 0 Å². The molecule has 1 N–H and O–H groups in total. The van der Waals surface area contributed by atoms with Crippen LogP contribution >= 0.6 is 0 Å². The van der Waals surface area contributed by atoms with E-state index in [-0.39, 0.29) is 0 Å². The van der Waals surface area contributed by atoms with Gasteiger partial charge in [0.15, 0.2) is 0 Å². The maximum atomic E-state index is 10.7. The minimum absolute atomic E-state index is 0.446. The zero-order chi connectivity index (χ0) is 8.97. The molecule has 1 aromatic rings. The van der Waals surface area contributed by atoms with Crippen molar-refractivity contribution in [2.75, 3.05) is 0 Å². The molecule has 1 aromatic carbocycles. The first-order chi connectivity index (χ1) is 5.75. The molecule has 64 valence electrons. The molecule has 0 radical (unpaired) electrons. The van der Waals surface area contributed by atoms with Gasteiger partial charge in [0.05, 0.1) is 0 Å². The van der Waals surface area contributed by atoms with E-state index in [1.807, 2.05) is 12.1 Å². The molecule has 3 heteroatoms. The molecule has 0 aliphatic carbocycles. The molecule has 0 bridgehead atoms. The monoisotopic (exact) mass is 230 g/mol. The van der Waals surface area contributed by atoms with E-state index in [2.05, 4.69) is 5.82 Å². The van der Waals surface area contributed by atoms with Crippen molar-refractivity contribution in [3.63, 3.8) is 0 Å². The van der Waals surface area contributed by atoms with Gasteiger partial charge in [0.1, 0.15) is 0 Å². The fourth-order valence-corrected chi connectivity index (χ4v) is 2.19. The second-order valence-corrected chi connectivity index (χ2v) is 4.21. The Labute approximate surface area is 77.8 Å². The number of aromatic carboxylic acids is 1. The van der Waals surface area contributed by atoms with Crippen LogP contribution in [-0.2, 0) is 5.32 Å². The molecule has 0 spiro atoms. The standard InChI is InChI=1S/C9H10O2Se/c1-12-6-7-4-2-3-5-8(7)9(10)11/h2-5H,6H2,1H3,(H,10,11). The third kappa shape index (κ3) is 2.10. The molecule has 2 nitrogen and oxygen atoms in total. The quantitative estimate of drug-likeness (QED) is 0.800. The van der Waals surface area contributed by atoms with E-state index in [1.165, 1.54) is 0 Å². The number of carboxylic acid groups (broad SMARTS) is 1. The Morgan fingerprint density at radius 3 is 2.75 bits per heavy atom. The summed E-state index contributed by atoms with van der Waals surface area (Å²) in [6.45, 7) is 0. The van der Waals surface area contributed by atoms with E-state index in [0.717, 1.165) is 10.9 Å². The van der Waals surface area contributed by atoms with Crippen LogP contribution in [0, 0.1) is 0 Å². The number of benzene rings is 1. The van der Waals surface area contributed by atoms with Crippen LogP contribution in [0.2, 0.25) is 5.82 Å². The van der Waals surface area contributed by atoms with Gasteiger partial charge in [-0.25, -0.2) is 0 Å². The zero-order valence-electron chi connectivity index (χ0n) is 6.78. The molecule has 0 fully saturated rings. The van der Waals surface area contributed by atoms with Crippen LogP contribution < -0.4 is 0 Å². The van der Waals surface area contributed by atoms with Gasteiger partial charge < -0.3 is 0 Å². The Balaban J connectivity index is 3.00. The van der Waals surface area contributed by atoms with Crippen molar-refractivity contribution in [1.29, 1.82) is 0 Å². The molecule has 0 aromatic heterocycles. The molecule has 0 heterocycles. The first-order valence-corrected chi connectivity index (χ1v) is 6.48. The van der Waals surface area contributed by atoms with E-state index in [4.69, 9.17) is 5.11 Å². The Kier molecular flexibility index (Phi) is 3.32. The molecule has 0 unspecified atom stereocenters. The number of carboxylic acids is 1. The van der Waals surface area contributed by atoms with Crippen LogP contribution in [0.5, 0.6) is 0 Å². The molecule has 0 amide bonds. The number of hydrogen-bond donors (Lipinski definition) is 1. The fraction of sp³-hybridized carbons (Fsp3) is 0.222. The maximum absolute atomic E-state index is 10.7.